The summed E-state index contributed by atoms with van der Waals surface area (Å²) in [5.41, 5.74) is 3.46. The smallest absolute Gasteiger partial charge is 0.254 e. The molecular formula is C19H24N6O. The zero-order valence-electron chi connectivity index (χ0n) is 15.0. The predicted octanol–water partition coefficient (Wildman–Crippen LogP) is 1.14. The van der Waals surface area contributed by atoms with E-state index in [9.17, 15) is 5.11 Å². The fourth-order valence-corrected chi connectivity index (χ4v) is 3.62. The maximum atomic E-state index is 9.17. The minimum absolute atomic E-state index is 0.209. The van der Waals surface area contributed by atoms with Crippen molar-refractivity contribution >= 4 is 11.6 Å². The van der Waals surface area contributed by atoms with Crippen molar-refractivity contribution in [2.45, 2.75) is 13.3 Å². The van der Waals surface area contributed by atoms with Crippen molar-refractivity contribution in [2.24, 2.45) is 0 Å². The van der Waals surface area contributed by atoms with Crippen molar-refractivity contribution in [3.63, 3.8) is 0 Å². The minimum Gasteiger partial charge on any atom is -0.395 e. The molecule has 7 heteroatoms. The summed E-state index contributed by atoms with van der Waals surface area (Å²) in [6, 6.07) is 10.5. The molecule has 0 spiro atoms. The van der Waals surface area contributed by atoms with Crippen LogP contribution in [0.1, 0.15) is 16.8 Å². The summed E-state index contributed by atoms with van der Waals surface area (Å²) in [5.74, 6) is 1.74. The van der Waals surface area contributed by atoms with Crippen LogP contribution in [-0.2, 0) is 6.42 Å². The molecule has 1 aromatic carbocycles. The number of hydrogen-bond donors (Lipinski definition) is 1. The molecule has 1 fully saturated rings. The summed E-state index contributed by atoms with van der Waals surface area (Å²) >= 11 is 0. The Kier molecular flexibility index (Phi) is 4.81. The highest BCUT2D eigenvalue weighted by Crippen LogP contribution is 2.27. The predicted molar refractivity (Wildman–Crippen MR) is 101 cm³/mol. The summed E-state index contributed by atoms with van der Waals surface area (Å²) in [5, 5.41) is 13.6. The molecule has 0 unspecified atom stereocenters. The van der Waals surface area contributed by atoms with E-state index in [0.29, 0.717) is 5.78 Å². The van der Waals surface area contributed by atoms with Crippen LogP contribution in [-0.4, -0.2) is 68.9 Å². The van der Waals surface area contributed by atoms with Crippen LogP contribution >= 0.6 is 0 Å². The maximum absolute atomic E-state index is 9.17. The number of fused-ring (bicyclic) bond motifs is 1. The van der Waals surface area contributed by atoms with Crippen molar-refractivity contribution in [1.29, 1.82) is 0 Å². The lowest BCUT2D eigenvalue weighted by atomic mass is 10.0. The second-order valence-corrected chi connectivity index (χ2v) is 6.69. The number of benzene rings is 1. The van der Waals surface area contributed by atoms with E-state index in [2.05, 4.69) is 56.1 Å². The lowest BCUT2D eigenvalue weighted by molar-refractivity contribution is 0.188. The molecule has 0 bridgehead atoms. The number of rotatable bonds is 5. The van der Waals surface area contributed by atoms with Crippen LogP contribution in [0.5, 0.6) is 0 Å². The van der Waals surface area contributed by atoms with Crippen LogP contribution in [0.2, 0.25) is 0 Å². The minimum atomic E-state index is 0.209. The first-order valence-electron chi connectivity index (χ1n) is 9.07. The number of aromatic nitrogens is 4. The first kappa shape index (κ1) is 16.9. The maximum Gasteiger partial charge on any atom is 0.254 e. The Bertz CT molecular complexity index is 870. The standard InChI is InChI=1S/C19H24N6O/c1-15-17(13-16-5-3-2-4-6-16)18(25-19(22-15)20-14-21-25)24-9-7-23(8-10-24)11-12-26/h2-6,14,26H,7-13H2,1H3. The SMILES string of the molecule is Cc1nc2ncnn2c(N2CCN(CCO)CC2)c1Cc1ccccc1. The first-order valence-corrected chi connectivity index (χ1v) is 9.07. The lowest BCUT2D eigenvalue weighted by Gasteiger charge is -2.36. The molecule has 1 aliphatic heterocycles. The Morgan fingerprint density at radius 2 is 1.85 bits per heavy atom. The number of hydrogen-bond acceptors (Lipinski definition) is 6. The normalized spacial score (nSPS) is 15.7. The number of anilines is 1. The van der Waals surface area contributed by atoms with Gasteiger partial charge < -0.3 is 10.0 Å². The molecule has 1 aliphatic rings. The van der Waals surface area contributed by atoms with Crippen LogP contribution < -0.4 is 4.90 Å². The number of aliphatic hydroxyl groups excluding tert-OH is 1. The summed E-state index contributed by atoms with van der Waals surface area (Å²) in [6.07, 6.45) is 2.39. The highest BCUT2D eigenvalue weighted by atomic mass is 16.3. The first-order chi connectivity index (χ1) is 12.8. The van der Waals surface area contributed by atoms with Gasteiger partial charge in [0.2, 0.25) is 0 Å². The van der Waals surface area contributed by atoms with E-state index in [1.54, 1.807) is 6.33 Å². The highest BCUT2D eigenvalue weighted by molar-refractivity contribution is 5.56. The molecule has 0 aliphatic carbocycles. The Balaban J connectivity index is 1.72. The highest BCUT2D eigenvalue weighted by Gasteiger charge is 2.24. The third-order valence-corrected chi connectivity index (χ3v) is 5.02. The third-order valence-electron chi connectivity index (χ3n) is 5.02. The number of nitrogens with zero attached hydrogens (tertiary/aromatic N) is 6. The van der Waals surface area contributed by atoms with Crippen molar-refractivity contribution in [1.82, 2.24) is 24.5 Å². The van der Waals surface area contributed by atoms with Crippen LogP contribution in [0.15, 0.2) is 36.7 Å². The van der Waals surface area contributed by atoms with Gasteiger partial charge in [-0.05, 0) is 12.5 Å². The summed E-state index contributed by atoms with van der Waals surface area (Å²) in [4.78, 5) is 13.6. The van der Waals surface area contributed by atoms with Gasteiger partial charge in [-0.25, -0.2) is 4.98 Å². The molecule has 26 heavy (non-hydrogen) atoms. The molecule has 3 heterocycles. The van der Waals surface area contributed by atoms with Gasteiger partial charge in [0, 0.05) is 50.4 Å². The van der Waals surface area contributed by atoms with Crippen LogP contribution in [0, 0.1) is 6.92 Å². The van der Waals surface area contributed by atoms with E-state index in [1.165, 1.54) is 11.1 Å². The van der Waals surface area contributed by atoms with Crippen molar-refractivity contribution in [2.75, 3.05) is 44.2 Å². The van der Waals surface area contributed by atoms with Gasteiger partial charge in [0.05, 0.1) is 6.61 Å². The second kappa shape index (κ2) is 7.39. The van der Waals surface area contributed by atoms with Crippen LogP contribution in [0.4, 0.5) is 5.82 Å². The zero-order chi connectivity index (χ0) is 17.9. The quantitative estimate of drug-likeness (QED) is 0.743. The van der Waals surface area contributed by atoms with Gasteiger partial charge in [0.15, 0.2) is 0 Å². The fourth-order valence-electron chi connectivity index (χ4n) is 3.62. The summed E-state index contributed by atoms with van der Waals surface area (Å²) in [7, 11) is 0. The Labute approximate surface area is 152 Å². The average Bonchev–Trinajstić information content (AvgIpc) is 3.12. The van der Waals surface area contributed by atoms with Gasteiger partial charge in [-0.2, -0.15) is 14.6 Å². The van der Waals surface area contributed by atoms with Gasteiger partial charge in [0.1, 0.15) is 12.1 Å². The molecule has 0 saturated carbocycles. The van der Waals surface area contributed by atoms with Crippen LogP contribution in [0.25, 0.3) is 5.78 Å². The largest absolute Gasteiger partial charge is 0.395 e. The zero-order valence-corrected chi connectivity index (χ0v) is 15.0. The van der Waals surface area contributed by atoms with E-state index in [1.807, 2.05) is 10.6 Å². The molecule has 2 aromatic heterocycles. The fraction of sp³-hybridized carbons (Fsp3) is 0.421. The Hall–Kier alpha value is -2.51. The van der Waals surface area contributed by atoms with E-state index < -0.39 is 0 Å². The van der Waals surface area contributed by atoms with E-state index in [0.717, 1.165) is 50.7 Å². The monoisotopic (exact) mass is 352 g/mol. The van der Waals surface area contributed by atoms with Crippen LogP contribution in [0.3, 0.4) is 0 Å². The second-order valence-electron chi connectivity index (χ2n) is 6.69. The van der Waals surface area contributed by atoms with Crippen molar-refractivity contribution < 1.29 is 5.11 Å². The van der Waals surface area contributed by atoms with Crippen molar-refractivity contribution in [3.8, 4) is 0 Å². The third kappa shape index (κ3) is 3.27. The summed E-state index contributed by atoms with van der Waals surface area (Å²) < 4.78 is 1.87. The Morgan fingerprint density at radius 1 is 1.08 bits per heavy atom. The van der Waals surface area contributed by atoms with Gasteiger partial charge in [-0.15, -0.1) is 0 Å². The molecule has 1 saturated heterocycles. The number of β-amino-alcohol motifs (C(OH)–C–C–N with tert-alkyl or cyclic N) is 1. The molecule has 0 atom stereocenters. The molecule has 136 valence electrons. The molecular weight excluding hydrogens is 328 g/mol. The molecule has 3 aromatic rings. The van der Waals surface area contributed by atoms with Gasteiger partial charge in [0.25, 0.3) is 5.78 Å². The van der Waals surface area contributed by atoms with Gasteiger partial charge in [-0.1, -0.05) is 30.3 Å². The topological polar surface area (TPSA) is 69.8 Å². The molecule has 1 N–H and O–H groups in total. The van der Waals surface area contributed by atoms with E-state index in [-0.39, 0.29) is 6.61 Å². The van der Waals surface area contributed by atoms with E-state index in [4.69, 9.17) is 0 Å². The summed E-state index contributed by atoms with van der Waals surface area (Å²) in [6.45, 7) is 6.67. The number of piperazine rings is 1. The molecule has 0 radical (unpaired) electrons. The van der Waals surface area contributed by atoms with Crippen molar-refractivity contribution in [3.05, 3.63) is 53.5 Å². The molecule has 0 amide bonds. The Morgan fingerprint density at radius 3 is 2.58 bits per heavy atom. The molecule has 7 nitrogen and oxygen atoms in total. The average molecular weight is 352 g/mol. The van der Waals surface area contributed by atoms with Gasteiger partial charge in [-0.3, -0.25) is 4.90 Å². The van der Waals surface area contributed by atoms with E-state index >= 15 is 0 Å². The number of aliphatic hydroxyl groups is 1. The van der Waals surface area contributed by atoms with Gasteiger partial charge >= 0.3 is 0 Å². The lowest BCUT2D eigenvalue weighted by Crippen LogP contribution is -2.48. The molecule has 4 rings (SSSR count). The number of aryl methyl sites for hydroxylation is 1.